The summed E-state index contributed by atoms with van der Waals surface area (Å²) in [4.78, 5) is 8.08. The van der Waals surface area contributed by atoms with Crippen molar-refractivity contribution in [1.82, 2.24) is 14.3 Å². The molecule has 0 radical (unpaired) electrons. The highest BCUT2D eigenvalue weighted by Gasteiger charge is 2.53. The zero-order valence-corrected chi connectivity index (χ0v) is 20.6. The molecule has 1 aliphatic heterocycles. The highest BCUT2D eigenvalue weighted by atomic mass is 32.2. The molecule has 1 saturated heterocycles. The van der Waals surface area contributed by atoms with Gasteiger partial charge in [0.05, 0.1) is 16.5 Å². The first-order valence-corrected chi connectivity index (χ1v) is 13.6. The molecule has 37 heavy (non-hydrogen) atoms. The van der Waals surface area contributed by atoms with Crippen LogP contribution in [0.2, 0.25) is 0 Å². The van der Waals surface area contributed by atoms with Crippen LogP contribution < -0.4 is 9.47 Å². The Kier molecular flexibility index (Phi) is 6.08. The van der Waals surface area contributed by atoms with E-state index in [0.29, 0.717) is 23.7 Å². The average molecular weight is 526 g/mol. The van der Waals surface area contributed by atoms with Gasteiger partial charge in [0.25, 0.3) is 0 Å². The Hall–Kier alpha value is -3.50. The number of ether oxygens (including phenoxy) is 2. The number of hydrogen-bond acceptors (Lipinski definition) is 5. The summed E-state index contributed by atoms with van der Waals surface area (Å²) in [5.74, 6) is 1.08. The molecule has 7 nitrogen and oxygen atoms in total. The number of sulfonamides is 1. The molecule has 1 aliphatic carbocycles. The van der Waals surface area contributed by atoms with Crippen LogP contribution >= 0.6 is 0 Å². The largest absolute Gasteiger partial charge is 0.487 e. The molecule has 1 saturated carbocycles. The summed E-state index contributed by atoms with van der Waals surface area (Å²) in [6.45, 7) is -2.66. The minimum Gasteiger partial charge on any atom is -0.487 e. The molecule has 192 valence electrons. The van der Waals surface area contributed by atoms with Gasteiger partial charge in [0.15, 0.2) is 0 Å². The first kappa shape index (κ1) is 23.9. The maximum Gasteiger partial charge on any atom is 0.387 e. The van der Waals surface area contributed by atoms with Crippen LogP contribution in [0.25, 0.3) is 11.0 Å². The van der Waals surface area contributed by atoms with Crippen LogP contribution in [0, 0.1) is 5.92 Å². The number of nitrogens with one attached hydrogen (secondary N) is 1. The van der Waals surface area contributed by atoms with Crippen molar-refractivity contribution in [3.8, 4) is 11.5 Å². The van der Waals surface area contributed by atoms with Gasteiger partial charge in [0.1, 0.15) is 29.4 Å². The molecule has 0 amide bonds. The predicted octanol–water partition coefficient (Wildman–Crippen LogP) is 5.66. The quantitative estimate of drug-likeness (QED) is 0.321. The number of para-hydroxylation sites is 1. The monoisotopic (exact) mass is 525 g/mol. The molecule has 0 spiro atoms. The van der Waals surface area contributed by atoms with Gasteiger partial charge in [-0.2, -0.15) is 13.1 Å². The number of aromatic nitrogens is 2. The maximum atomic E-state index is 13.8. The van der Waals surface area contributed by atoms with Crippen LogP contribution in [0.15, 0.2) is 77.7 Å². The maximum absolute atomic E-state index is 13.8. The lowest BCUT2D eigenvalue weighted by Gasteiger charge is -2.33. The molecule has 6 rings (SSSR count). The minimum absolute atomic E-state index is 0.0776. The van der Waals surface area contributed by atoms with Gasteiger partial charge in [-0.25, -0.2) is 13.4 Å². The van der Waals surface area contributed by atoms with Crippen molar-refractivity contribution in [2.45, 2.75) is 49.5 Å². The zero-order chi connectivity index (χ0) is 25.6. The second kappa shape index (κ2) is 9.42. The first-order chi connectivity index (χ1) is 17.9. The predicted molar refractivity (Wildman–Crippen MR) is 133 cm³/mol. The number of aromatic amines is 1. The molecule has 0 unspecified atom stereocenters. The van der Waals surface area contributed by atoms with Crippen molar-refractivity contribution in [2.75, 3.05) is 0 Å². The van der Waals surface area contributed by atoms with E-state index in [2.05, 4.69) is 9.72 Å². The van der Waals surface area contributed by atoms with Gasteiger partial charge in [-0.15, -0.1) is 0 Å². The Morgan fingerprint density at radius 2 is 1.84 bits per heavy atom. The summed E-state index contributed by atoms with van der Waals surface area (Å²) in [6, 6.07) is 20.0. The zero-order valence-electron chi connectivity index (χ0n) is 19.8. The molecule has 1 N–H and O–H groups in total. The standard InChI is InChI=1S/C27H25F2N3O4S/c28-27(29)36-20-8-4-9-21(15-20)37(33,34)32-19-13-12-18(14-19)25(32)26-30-22-10-5-11-23(24(22)31-26)35-16-17-6-2-1-3-7-17/h1-11,15,18-19,25,27H,12-14,16H2,(H,30,31)/t18-,19+,25-/m0/s1. The molecular weight excluding hydrogens is 500 g/mol. The molecule has 4 aromatic rings. The Balaban J connectivity index is 1.34. The van der Waals surface area contributed by atoms with Gasteiger partial charge >= 0.3 is 6.61 Å². The van der Waals surface area contributed by atoms with Gasteiger partial charge in [-0.3, -0.25) is 0 Å². The third-order valence-electron chi connectivity index (χ3n) is 7.14. The SMILES string of the molecule is O=S(=O)(c1cccc(OC(F)F)c1)N1[C@@H]2CC[C@@H](C2)[C@H]1c1nc2c(OCc3ccccc3)cccc2[nH]1. The fourth-order valence-corrected chi connectivity index (χ4v) is 7.50. The van der Waals surface area contributed by atoms with E-state index in [9.17, 15) is 17.2 Å². The van der Waals surface area contributed by atoms with E-state index < -0.39 is 22.7 Å². The Morgan fingerprint density at radius 1 is 1.03 bits per heavy atom. The number of fused-ring (bicyclic) bond motifs is 3. The molecule has 2 heterocycles. The first-order valence-electron chi connectivity index (χ1n) is 12.1. The van der Waals surface area contributed by atoms with Crippen LogP contribution in [0.5, 0.6) is 11.5 Å². The Morgan fingerprint density at radius 3 is 2.65 bits per heavy atom. The topological polar surface area (TPSA) is 84.5 Å². The number of benzene rings is 3. The summed E-state index contributed by atoms with van der Waals surface area (Å²) in [5.41, 5.74) is 2.42. The second-order valence-electron chi connectivity index (χ2n) is 9.41. The lowest BCUT2D eigenvalue weighted by atomic mass is 9.99. The summed E-state index contributed by atoms with van der Waals surface area (Å²) in [7, 11) is -4.00. The van der Waals surface area contributed by atoms with Crippen LogP contribution in [-0.2, 0) is 16.6 Å². The smallest absolute Gasteiger partial charge is 0.387 e. The van der Waals surface area contributed by atoms with Crippen LogP contribution in [0.3, 0.4) is 0 Å². The fraction of sp³-hybridized carbons (Fsp3) is 0.296. The van der Waals surface area contributed by atoms with Crippen molar-refractivity contribution in [3.63, 3.8) is 0 Å². The number of hydrogen-bond donors (Lipinski definition) is 1. The summed E-state index contributed by atoms with van der Waals surface area (Å²) >= 11 is 0. The summed E-state index contributed by atoms with van der Waals surface area (Å²) in [5, 5.41) is 0. The van der Waals surface area contributed by atoms with Crippen molar-refractivity contribution in [3.05, 3.63) is 84.2 Å². The average Bonchev–Trinajstić information content (AvgIpc) is 3.62. The van der Waals surface area contributed by atoms with Gasteiger partial charge in [0.2, 0.25) is 10.0 Å². The van der Waals surface area contributed by atoms with Crippen molar-refractivity contribution < 1.29 is 26.7 Å². The summed E-state index contributed by atoms with van der Waals surface area (Å²) in [6.07, 6.45) is 2.37. The Bertz CT molecular complexity index is 1530. The highest BCUT2D eigenvalue weighted by Crippen LogP contribution is 2.52. The molecule has 10 heteroatoms. The number of imidazole rings is 1. The minimum atomic E-state index is -4.00. The molecule has 2 aliphatic rings. The van der Waals surface area contributed by atoms with Crippen LogP contribution in [-0.4, -0.2) is 35.3 Å². The normalized spacial score (nSPS) is 21.6. The van der Waals surface area contributed by atoms with E-state index in [4.69, 9.17) is 9.72 Å². The highest BCUT2D eigenvalue weighted by molar-refractivity contribution is 7.89. The van der Waals surface area contributed by atoms with Crippen LogP contribution in [0.1, 0.15) is 36.7 Å². The Labute approximate surface area is 213 Å². The van der Waals surface area contributed by atoms with E-state index in [-0.39, 0.29) is 22.6 Å². The number of alkyl halides is 2. The molecule has 2 fully saturated rings. The molecule has 3 atom stereocenters. The van der Waals surface area contributed by atoms with E-state index in [1.54, 1.807) is 0 Å². The third-order valence-corrected chi connectivity index (χ3v) is 9.07. The van der Waals surface area contributed by atoms with Crippen LogP contribution in [0.4, 0.5) is 8.78 Å². The lowest BCUT2D eigenvalue weighted by Crippen LogP contribution is -2.40. The molecule has 1 aromatic heterocycles. The lowest BCUT2D eigenvalue weighted by molar-refractivity contribution is -0.0500. The van der Waals surface area contributed by atoms with Gasteiger partial charge in [-0.05, 0) is 55.0 Å². The van der Waals surface area contributed by atoms with E-state index in [0.717, 1.165) is 36.4 Å². The third kappa shape index (κ3) is 4.44. The number of piperidine rings is 1. The molecule has 3 aromatic carbocycles. The van der Waals surface area contributed by atoms with E-state index >= 15 is 0 Å². The fourth-order valence-electron chi connectivity index (χ4n) is 5.58. The summed E-state index contributed by atoms with van der Waals surface area (Å²) < 4.78 is 65.1. The van der Waals surface area contributed by atoms with E-state index in [1.165, 1.54) is 22.5 Å². The second-order valence-corrected chi connectivity index (χ2v) is 11.3. The molecular formula is C27H25F2N3O4S. The van der Waals surface area contributed by atoms with Crippen molar-refractivity contribution in [1.29, 1.82) is 0 Å². The van der Waals surface area contributed by atoms with Gasteiger partial charge in [-0.1, -0.05) is 42.5 Å². The van der Waals surface area contributed by atoms with Gasteiger partial charge in [0, 0.05) is 12.1 Å². The molecule has 2 bridgehead atoms. The van der Waals surface area contributed by atoms with Crippen molar-refractivity contribution >= 4 is 21.1 Å². The number of nitrogens with zero attached hydrogens (tertiary/aromatic N) is 2. The van der Waals surface area contributed by atoms with Crippen molar-refractivity contribution in [2.24, 2.45) is 5.92 Å². The van der Waals surface area contributed by atoms with E-state index in [1.807, 2.05) is 48.5 Å². The number of halogens is 2. The number of rotatable bonds is 8. The van der Waals surface area contributed by atoms with Gasteiger partial charge < -0.3 is 14.5 Å². The number of H-pyrrole nitrogens is 1.